The molecule has 0 saturated carbocycles. The predicted octanol–water partition coefficient (Wildman–Crippen LogP) is 11.9. The number of ether oxygens (including phenoxy) is 1. The van der Waals surface area contributed by atoms with Gasteiger partial charge in [0.2, 0.25) is 0 Å². The summed E-state index contributed by atoms with van der Waals surface area (Å²) in [5.74, 6) is 0.423. The molecule has 48 heavy (non-hydrogen) atoms. The Kier molecular flexibility index (Phi) is 14.9. The van der Waals surface area contributed by atoms with E-state index in [1.165, 1.54) is 11.1 Å². The highest BCUT2D eigenvalue weighted by Gasteiger charge is 2.30. The molecule has 0 atom stereocenters. The number of fused-ring (bicyclic) bond motifs is 1. The first-order valence-electron chi connectivity index (χ1n) is 16.6. The number of allylic oxidation sites excluding steroid dienone is 12. The summed E-state index contributed by atoms with van der Waals surface area (Å²) >= 11 is 3.14. The van der Waals surface area contributed by atoms with E-state index in [9.17, 15) is 9.59 Å². The van der Waals surface area contributed by atoms with Crippen LogP contribution in [0.4, 0.5) is 0 Å². The van der Waals surface area contributed by atoms with Gasteiger partial charge in [-0.1, -0.05) is 104 Å². The van der Waals surface area contributed by atoms with Crippen LogP contribution < -0.4 is 5.63 Å². The van der Waals surface area contributed by atoms with Crippen LogP contribution in [0.25, 0.3) is 6.08 Å². The molecule has 2 aromatic rings. The van der Waals surface area contributed by atoms with E-state index in [0.717, 1.165) is 48.3 Å². The van der Waals surface area contributed by atoms with Crippen molar-refractivity contribution >= 4 is 35.6 Å². The van der Waals surface area contributed by atoms with Crippen LogP contribution in [0, 0.1) is 27.7 Å². The number of esters is 1. The number of hydrogen-bond acceptors (Lipinski definition) is 6. The molecule has 4 rings (SSSR count). The zero-order chi connectivity index (χ0) is 35.4. The molecule has 0 fully saturated rings. The van der Waals surface area contributed by atoms with Gasteiger partial charge in [0.25, 0.3) is 0 Å². The summed E-state index contributed by atoms with van der Waals surface area (Å²) in [4.78, 5) is 31.7. The molecule has 0 amide bonds. The van der Waals surface area contributed by atoms with Gasteiger partial charge in [0.05, 0.1) is 11.1 Å². The van der Waals surface area contributed by atoms with E-state index in [4.69, 9.17) is 9.15 Å². The molecule has 1 aromatic carbocycles. The van der Waals surface area contributed by atoms with Crippen molar-refractivity contribution in [1.82, 2.24) is 0 Å². The standard InChI is InChI=1S/C40H42O4S2.C2H6/c1-9-12-14-18-34-29(8)38(45-31(11-3)20-25(4)10-2)33(40(42)43-34)24-32-37(46-36-22-27(6)26(5)21-28(36)7)23-30-17-15-13-16-19-35(30)44-39(32)41;1-2/h9-10,12-18,20-22H,11,23-24H2,1-8H3;1-2H3/b12-9-,18-14-,25-10-,31-20+;. The molecule has 1 aliphatic heterocycles. The molecule has 0 bridgehead atoms. The SMILES string of the molecule is C/C=C\C=C/c1oc(=O)c(CC2=C(Sc3cc(C)c(C)cc3C)CC3=CC=CC=C=C3OC2=O)c(S/C(=C/C(C)=C\C)CC)c1C.CC. The van der Waals surface area contributed by atoms with Crippen molar-refractivity contribution in [2.45, 2.75) is 98.3 Å². The summed E-state index contributed by atoms with van der Waals surface area (Å²) in [5.41, 5.74) is 9.93. The lowest BCUT2D eigenvalue weighted by Gasteiger charge is -2.17. The minimum absolute atomic E-state index is 0.0785. The average Bonchev–Trinajstić information content (AvgIpc) is 3.35. The molecule has 6 heteroatoms. The van der Waals surface area contributed by atoms with E-state index < -0.39 is 11.6 Å². The number of rotatable bonds is 10. The third-order valence-corrected chi connectivity index (χ3v) is 10.6. The van der Waals surface area contributed by atoms with Crippen LogP contribution in [-0.2, 0) is 16.0 Å². The van der Waals surface area contributed by atoms with E-state index in [-0.39, 0.29) is 6.42 Å². The van der Waals surface area contributed by atoms with Crippen molar-refractivity contribution in [1.29, 1.82) is 0 Å². The lowest BCUT2D eigenvalue weighted by molar-refractivity contribution is -0.134. The topological polar surface area (TPSA) is 56.5 Å². The molecule has 0 N–H and O–H groups in total. The minimum Gasteiger partial charge on any atom is -0.423 e. The van der Waals surface area contributed by atoms with Gasteiger partial charge >= 0.3 is 11.6 Å². The maximum Gasteiger partial charge on any atom is 0.341 e. The monoisotopic (exact) mass is 680 g/mol. The van der Waals surface area contributed by atoms with Crippen LogP contribution in [0.3, 0.4) is 0 Å². The number of thioether (sulfide) groups is 2. The van der Waals surface area contributed by atoms with Crippen molar-refractivity contribution < 1.29 is 13.9 Å². The zero-order valence-electron chi connectivity index (χ0n) is 30.0. The highest BCUT2D eigenvalue weighted by atomic mass is 32.2. The Morgan fingerprint density at radius 1 is 1.00 bits per heavy atom. The van der Waals surface area contributed by atoms with E-state index in [1.807, 2.05) is 77.2 Å². The van der Waals surface area contributed by atoms with Crippen LogP contribution in [0.5, 0.6) is 0 Å². The van der Waals surface area contributed by atoms with Gasteiger partial charge < -0.3 is 9.15 Å². The van der Waals surface area contributed by atoms with Crippen LogP contribution in [0.1, 0.15) is 88.0 Å². The largest absolute Gasteiger partial charge is 0.423 e. The lowest BCUT2D eigenvalue weighted by Crippen LogP contribution is -2.17. The predicted molar refractivity (Wildman–Crippen MR) is 205 cm³/mol. The molecule has 0 spiro atoms. The van der Waals surface area contributed by atoms with Crippen LogP contribution in [0.2, 0.25) is 0 Å². The summed E-state index contributed by atoms with van der Waals surface area (Å²) in [7, 11) is 0. The van der Waals surface area contributed by atoms with Crippen LogP contribution in [0.15, 0.2) is 124 Å². The third-order valence-electron chi connectivity index (χ3n) is 7.93. The fraction of sp³-hybridized carbons (Fsp3) is 0.310. The second kappa shape index (κ2) is 18.5. The number of hydrogen-bond donors (Lipinski definition) is 0. The van der Waals surface area contributed by atoms with Gasteiger partial charge in [0.1, 0.15) is 5.76 Å². The fourth-order valence-electron chi connectivity index (χ4n) is 4.97. The number of aryl methyl sites for hydroxylation is 3. The zero-order valence-corrected chi connectivity index (χ0v) is 31.6. The summed E-state index contributed by atoms with van der Waals surface area (Å²) in [6, 6.07) is 4.34. The molecule has 2 aliphatic rings. The summed E-state index contributed by atoms with van der Waals surface area (Å²) in [5, 5.41) is 0. The van der Waals surface area contributed by atoms with Gasteiger partial charge in [-0.3, -0.25) is 0 Å². The normalized spacial score (nSPS) is 15.2. The molecular formula is C42H48O4S2. The molecule has 1 aliphatic carbocycles. The number of carbonyl (C=O) groups is 1. The Balaban J connectivity index is 0.00000307. The second-order valence-corrected chi connectivity index (χ2v) is 13.6. The first-order valence-corrected chi connectivity index (χ1v) is 18.2. The lowest BCUT2D eigenvalue weighted by atomic mass is 10.0. The fourth-order valence-corrected chi connectivity index (χ4v) is 7.38. The van der Waals surface area contributed by atoms with Crippen molar-refractivity contribution in [3.63, 3.8) is 0 Å². The minimum atomic E-state index is -0.480. The molecule has 1 aromatic heterocycles. The van der Waals surface area contributed by atoms with Gasteiger partial charge in [0.15, 0.2) is 5.76 Å². The summed E-state index contributed by atoms with van der Waals surface area (Å²) in [6.07, 6.45) is 20.5. The van der Waals surface area contributed by atoms with E-state index in [0.29, 0.717) is 29.1 Å². The van der Waals surface area contributed by atoms with Crippen LogP contribution >= 0.6 is 23.5 Å². The van der Waals surface area contributed by atoms with E-state index in [1.54, 1.807) is 29.6 Å². The first kappa shape index (κ1) is 38.5. The van der Waals surface area contributed by atoms with Gasteiger partial charge in [-0.05, 0) is 101 Å². The molecule has 252 valence electrons. The Labute approximate surface area is 295 Å². The van der Waals surface area contributed by atoms with Crippen molar-refractivity contribution in [2.24, 2.45) is 0 Å². The first-order chi connectivity index (χ1) is 23.1. The average molecular weight is 681 g/mol. The second-order valence-electron chi connectivity index (χ2n) is 11.3. The van der Waals surface area contributed by atoms with Gasteiger partial charge in [0, 0.05) is 38.7 Å². The maximum absolute atomic E-state index is 14.0. The van der Waals surface area contributed by atoms with E-state index in [2.05, 4.69) is 64.6 Å². The van der Waals surface area contributed by atoms with Gasteiger partial charge in [-0.25, -0.2) is 9.59 Å². The Bertz CT molecular complexity index is 1880. The van der Waals surface area contributed by atoms with E-state index >= 15 is 0 Å². The highest BCUT2D eigenvalue weighted by Crippen LogP contribution is 2.43. The Morgan fingerprint density at radius 2 is 1.73 bits per heavy atom. The molecule has 2 heterocycles. The quantitative estimate of drug-likeness (QED) is 0.108. The molecule has 0 saturated heterocycles. The Hall–Kier alpha value is -3.96. The third kappa shape index (κ3) is 9.79. The number of carbonyl (C=O) groups excluding carboxylic acids is 1. The Morgan fingerprint density at radius 3 is 2.42 bits per heavy atom. The highest BCUT2D eigenvalue weighted by molar-refractivity contribution is 8.03. The van der Waals surface area contributed by atoms with Crippen molar-refractivity contribution in [2.75, 3.05) is 0 Å². The molecular weight excluding hydrogens is 633 g/mol. The van der Waals surface area contributed by atoms with Gasteiger partial charge in [-0.15, -0.1) is 0 Å². The molecule has 0 unspecified atom stereocenters. The maximum atomic E-state index is 14.0. The summed E-state index contributed by atoms with van der Waals surface area (Å²) in [6.45, 7) is 20.4. The molecule has 4 nitrogen and oxygen atoms in total. The van der Waals surface area contributed by atoms with Crippen LogP contribution in [-0.4, -0.2) is 5.97 Å². The van der Waals surface area contributed by atoms with Crippen molar-refractivity contribution in [3.05, 3.63) is 149 Å². The van der Waals surface area contributed by atoms with Gasteiger partial charge in [-0.2, -0.15) is 0 Å². The number of benzene rings is 1. The smallest absolute Gasteiger partial charge is 0.341 e. The van der Waals surface area contributed by atoms with Crippen molar-refractivity contribution in [3.8, 4) is 0 Å². The molecule has 0 radical (unpaired) electrons. The summed E-state index contributed by atoms with van der Waals surface area (Å²) < 4.78 is 11.9.